The van der Waals surface area contributed by atoms with Crippen LogP contribution in [0.15, 0.2) is 29.2 Å². The zero-order chi connectivity index (χ0) is 12.0. The molecule has 90 valence electrons. The first-order chi connectivity index (χ1) is 7.51. The third-order valence-corrected chi connectivity index (χ3v) is 3.02. The van der Waals surface area contributed by atoms with Gasteiger partial charge in [-0.15, -0.1) is 11.8 Å². The molecule has 0 aliphatic rings. The summed E-state index contributed by atoms with van der Waals surface area (Å²) in [6, 6.07) is 8.38. The third-order valence-electron chi connectivity index (χ3n) is 2.05. The fraction of sp³-hybridized carbons (Fsp3) is 0.538. The van der Waals surface area contributed by atoms with Gasteiger partial charge in [0.1, 0.15) is 0 Å². The first kappa shape index (κ1) is 13.6. The molecule has 0 saturated carbocycles. The molecule has 0 fully saturated rings. The second-order valence-electron chi connectivity index (χ2n) is 4.66. The number of hydrogen-bond donors (Lipinski definition) is 1. The van der Waals surface area contributed by atoms with Crippen molar-refractivity contribution in [2.45, 2.75) is 37.8 Å². The van der Waals surface area contributed by atoms with Crippen LogP contribution in [-0.4, -0.2) is 18.0 Å². The second-order valence-corrected chi connectivity index (χ2v) is 5.83. The quantitative estimate of drug-likeness (QED) is 0.633. The molecule has 0 atom stereocenters. The normalized spacial score (nSPS) is 11.8. The summed E-state index contributed by atoms with van der Waals surface area (Å²) in [5, 5.41) is 0. The third kappa shape index (κ3) is 5.54. The van der Waals surface area contributed by atoms with Crippen LogP contribution in [-0.2, 0) is 11.3 Å². The van der Waals surface area contributed by atoms with Crippen LogP contribution in [0.25, 0.3) is 0 Å². The van der Waals surface area contributed by atoms with E-state index in [1.165, 1.54) is 10.5 Å². The summed E-state index contributed by atoms with van der Waals surface area (Å²) in [7, 11) is 0. The molecule has 1 rings (SSSR count). The predicted molar refractivity (Wildman–Crippen MR) is 70.8 cm³/mol. The maximum atomic E-state index is 5.66. The topological polar surface area (TPSA) is 35.2 Å². The summed E-state index contributed by atoms with van der Waals surface area (Å²) < 4.78 is 5.66. The Kier molecular flexibility index (Phi) is 5.32. The van der Waals surface area contributed by atoms with Crippen molar-refractivity contribution >= 4 is 11.8 Å². The fourth-order valence-electron chi connectivity index (χ4n) is 1.23. The largest absolute Gasteiger partial charge is 0.375 e. The molecule has 16 heavy (non-hydrogen) atoms. The van der Waals surface area contributed by atoms with Crippen molar-refractivity contribution in [3.63, 3.8) is 0 Å². The van der Waals surface area contributed by atoms with Crippen LogP contribution >= 0.6 is 11.8 Å². The van der Waals surface area contributed by atoms with Crippen molar-refractivity contribution in [1.82, 2.24) is 0 Å². The minimum absolute atomic E-state index is 0.0377. The van der Waals surface area contributed by atoms with E-state index in [0.29, 0.717) is 6.54 Å². The van der Waals surface area contributed by atoms with Crippen LogP contribution in [0.5, 0.6) is 0 Å². The highest BCUT2D eigenvalue weighted by Crippen LogP contribution is 2.19. The molecule has 0 aliphatic carbocycles. The molecular formula is C13H21NOS. The van der Waals surface area contributed by atoms with Crippen LogP contribution in [0.4, 0.5) is 0 Å². The molecule has 2 nitrogen and oxygen atoms in total. The molecule has 0 amide bonds. The monoisotopic (exact) mass is 239 g/mol. The summed E-state index contributed by atoms with van der Waals surface area (Å²) in [6.07, 6.45) is 0. The number of rotatable bonds is 5. The van der Waals surface area contributed by atoms with Gasteiger partial charge in [-0.05, 0) is 38.5 Å². The van der Waals surface area contributed by atoms with Gasteiger partial charge in [0.15, 0.2) is 0 Å². The minimum atomic E-state index is -0.0377. The van der Waals surface area contributed by atoms with E-state index < -0.39 is 0 Å². The Labute approximate surface area is 103 Å². The molecular weight excluding hydrogens is 218 g/mol. The average molecular weight is 239 g/mol. The summed E-state index contributed by atoms with van der Waals surface area (Å²) in [6.45, 7) is 7.63. The van der Waals surface area contributed by atoms with E-state index in [9.17, 15) is 0 Å². The Bertz CT molecular complexity index is 303. The summed E-state index contributed by atoms with van der Waals surface area (Å²) in [4.78, 5) is 1.27. The average Bonchev–Trinajstić information content (AvgIpc) is 2.24. The van der Waals surface area contributed by atoms with Crippen LogP contribution in [0.1, 0.15) is 26.3 Å². The molecule has 0 aromatic heterocycles. The van der Waals surface area contributed by atoms with Gasteiger partial charge in [0.2, 0.25) is 0 Å². The molecule has 0 unspecified atom stereocenters. The Balaban J connectivity index is 2.27. The Morgan fingerprint density at radius 1 is 1.19 bits per heavy atom. The Hall–Kier alpha value is -0.510. The van der Waals surface area contributed by atoms with E-state index in [1.54, 1.807) is 0 Å². The van der Waals surface area contributed by atoms with Crippen molar-refractivity contribution in [3.8, 4) is 0 Å². The standard InChI is InChI=1S/C13H21NOS/c1-13(2,3)15-8-9-16-12-6-4-11(10-14)5-7-12/h4-7H,8-10,14H2,1-3H3. The maximum Gasteiger partial charge on any atom is 0.0598 e. The first-order valence-corrected chi connectivity index (χ1v) is 6.55. The molecule has 0 bridgehead atoms. The summed E-state index contributed by atoms with van der Waals surface area (Å²) in [5.41, 5.74) is 6.68. The van der Waals surface area contributed by atoms with Gasteiger partial charge in [0.05, 0.1) is 12.2 Å². The van der Waals surface area contributed by atoms with Gasteiger partial charge >= 0.3 is 0 Å². The molecule has 0 spiro atoms. The lowest BCUT2D eigenvalue weighted by molar-refractivity contribution is 0.00695. The first-order valence-electron chi connectivity index (χ1n) is 5.57. The lowest BCUT2D eigenvalue weighted by Gasteiger charge is -2.19. The number of benzene rings is 1. The fourth-order valence-corrected chi connectivity index (χ4v) is 1.96. The van der Waals surface area contributed by atoms with Crippen molar-refractivity contribution in [3.05, 3.63) is 29.8 Å². The van der Waals surface area contributed by atoms with E-state index >= 15 is 0 Å². The van der Waals surface area contributed by atoms with E-state index in [1.807, 2.05) is 11.8 Å². The molecule has 1 aromatic carbocycles. The van der Waals surface area contributed by atoms with E-state index in [4.69, 9.17) is 10.5 Å². The second kappa shape index (κ2) is 6.28. The smallest absolute Gasteiger partial charge is 0.0598 e. The van der Waals surface area contributed by atoms with Gasteiger partial charge in [0.25, 0.3) is 0 Å². The number of nitrogens with two attached hydrogens (primary N) is 1. The van der Waals surface area contributed by atoms with Crippen molar-refractivity contribution in [1.29, 1.82) is 0 Å². The zero-order valence-electron chi connectivity index (χ0n) is 10.3. The number of thioether (sulfide) groups is 1. The highest BCUT2D eigenvalue weighted by atomic mass is 32.2. The van der Waals surface area contributed by atoms with Gasteiger partial charge in [-0.3, -0.25) is 0 Å². The van der Waals surface area contributed by atoms with Crippen LogP contribution < -0.4 is 5.73 Å². The van der Waals surface area contributed by atoms with Crippen LogP contribution in [0.2, 0.25) is 0 Å². The van der Waals surface area contributed by atoms with E-state index in [2.05, 4.69) is 45.0 Å². The number of ether oxygens (including phenoxy) is 1. The Morgan fingerprint density at radius 2 is 1.81 bits per heavy atom. The highest BCUT2D eigenvalue weighted by Gasteiger charge is 2.08. The lowest BCUT2D eigenvalue weighted by Crippen LogP contribution is -2.20. The molecule has 2 N–H and O–H groups in total. The van der Waals surface area contributed by atoms with Gasteiger partial charge in [0, 0.05) is 17.2 Å². The van der Waals surface area contributed by atoms with Crippen molar-refractivity contribution in [2.24, 2.45) is 5.73 Å². The number of hydrogen-bond acceptors (Lipinski definition) is 3. The van der Waals surface area contributed by atoms with Crippen molar-refractivity contribution < 1.29 is 4.74 Å². The lowest BCUT2D eigenvalue weighted by atomic mass is 10.2. The minimum Gasteiger partial charge on any atom is -0.375 e. The van der Waals surface area contributed by atoms with Crippen LogP contribution in [0, 0.1) is 0 Å². The molecule has 3 heteroatoms. The summed E-state index contributed by atoms with van der Waals surface area (Å²) in [5.74, 6) is 0.985. The van der Waals surface area contributed by atoms with E-state index in [-0.39, 0.29) is 5.60 Å². The summed E-state index contributed by atoms with van der Waals surface area (Å²) >= 11 is 1.81. The molecule has 0 saturated heterocycles. The van der Waals surface area contributed by atoms with Crippen LogP contribution in [0.3, 0.4) is 0 Å². The molecule has 0 heterocycles. The van der Waals surface area contributed by atoms with Gasteiger partial charge < -0.3 is 10.5 Å². The molecule has 1 aromatic rings. The molecule has 0 radical (unpaired) electrons. The highest BCUT2D eigenvalue weighted by molar-refractivity contribution is 7.99. The van der Waals surface area contributed by atoms with E-state index in [0.717, 1.165) is 12.4 Å². The molecule has 0 aliphatic heterocycles. The van der Waals surface area contributed by atoms with Gasteiger partial charge in [-0.25, -0.2) is 0 Å². The predicted octanol–water partition coefficient (Wildman–Crippen LogP) is 3.05. The Morgan fingerprint density at radius 3 is 2.31 bits per heavy atom. The van der Waals surface area contributed by atoms with Crippen molar-refractivity contribution in [2.75, 3.05) is 12.4 Å². The zero-order valence-corrected chi connectivity index (χ0v) is 11.1. The maximum absolute atomic E-state index is 5.66. The van der Waals surface area contributed by atoms with Gasteiger partial charge in [-0.1, -0.05) is 12.1 Å². The van der Waals surface area contributed by atoms with Gasteiger partial charge in [-0.2, -0.15) is 0 Å². The SMILES string of the molecule is CC(C)(C)OCCSc1ccc(CN)cc1.